The van der Waals surface area contributed by atoms with E-state index in [9.17, 15) is 4.39 Å². The molecule has 0 aromatic heterocycles. The summed E-state index contributed by atoms with van der Waals surface area (Å²) in [6.07, 6.45) is 2.80. The van der Waals surface area contributed by atoms with Crippen molar-refractivity contribution in [3.63, 3.8) is 0 Å². The van der Waals surface area contributed by atoms with Gasteiger partial charge in [-0.15, -0.1) is 0 Å². The third-order valence-corrected chi connectivity index (χ3v) is 3.71. The van der Waals surface area contributed by atoms with Crippen LogP contribution >= 0.6 is 12.2 Å². The fourth-order valence-corrected chi connectivity index (χ4v) is 2.49. The molecule has 0 aliphatic carbocycles. The van der Waals surface area contributed by atoms with Crippen LogP contribution in [0.5, 0.6) is 5.75 Å². The van der Waals surface area contributed by atoms with E-state index in [-0.39, 0.29) is 5.82 Å². The quantitative estimate of drug-likeness (QED) is 0.543. The molecule has 0 aliphatic heterocycles. The van der Waals surface area contributed by atoms with Crippen molar-refractivity contribution in [2.24, 2.45) is 0 Å². The van der Waals surface area contributed by atoms with E-state index in [0.29, 0.717) is 17.3 Å². The summed E-state index contributed by atoms with van der Waals surface area (Å²) in [4.78, 5) is 0. The molecular weight excluding hydrogens is 323 g/mol. The number of hydrogen-bond donors (Lipinski definition) is 2. The normalized spacial score (nSPS) is 10.2. The van der Waals surface area contributed by atoms with Crippen LogP contribution in [0.1, 0.15) is 25.3 Å². The van der Waals surface area contributed by atoms with Gasteiger partial charge in [0.15, 0.2) is 5.11 Å². The fraction of sp³-hybridized carbons (Fsp3) is 0.316. The maximum absolute atomic E-state index is 13.5. The highest BCUT2D eigenvalue weighted by molar-refractivity contribution is 7.80. The number of para-hydroxylation sites is 2. The third kappa shape index (κ3) is 5.81. The van der Waals surface area contributed by atoms with Crippen LogP contribution in [-0.2, 0) is 6.42 Å². The van der Waals surface area contributed by atoms with Gasteiger partial charge in [-0.3, -0.25) is 0 Å². The zero-order valence-corrected chi connectivity index (χ0v) is 14.7. The van der Waals surface area contributed by atoms with E-state index < -0.39 is 0 Å². The summed E-state index contributed by atoms with van der Waals surface area (Å²) in [7, 11) is 0. The summed E-state index contributed by atoms with van der Waals surface area (Å²) < 4.78 is 19.3. The average Bonchev–Trinajstić information content (AvgIpc) is 2.60. The molecule has 2 aromatic carbocycles. The van der Waals surface area contributed by atoms with Crippen molar-refractivity contribution >= 4 is 23.0 Å². The van der Waals surface area contributed by atoms with E-state index >= 15 is 0 Å². The Morgan fingerprint density at radius 3 is 2.67 bits per heavy atom. The summed E-state index contributed by atoms with van der Waals surface area (Å²) in [6.45, 7) is 3.53. The minimum Gasteiger partial charge on any atom is -0.493 e. The SMILES string of the molecule is CCCOc1ccccc1CCCNC(=S)Nc1ccccc1F. The van der Waals surface area contributed by atoms with E-state index in [1.54, 1.807) is 18.2 Å². The molecule has 24 heavy (non-hydrogen) atoms. The van der Waals surface area contributed by atoms with Gasteiger partial charge in [0.1, 0.15) is 11.6 Å². The molecule has 0 unspecified atom stereocenters. The maximum Gasteiger partial charge on any atom is 0.170 e. The second-order valence-electron chi connectivity index (χ2n) is 5.42. The predicted octanol–water partition coefficient (Wildman–Crippen LogP) is 4.53. The lowest BCUT2D eigenvalue weighted by Crippen LogP contribution is -2.29. The summed E-state index contributed by atoms with van der Waals surface area (Å²) >= 11 is 5.20. The van der Waals surface area contributed by atoms with Crippen LogP contribution in [0.25, 0.3) is 0 Å². The topological polar surface area (TPSA) is 33.3 Å². The minimum absolute atomic E-state index is 0.316. The lowest BCUT2D eigenvalue weighted by atomic mass is 10.1. The first-order chi connectivity index (χ1) is 11.7. The molecule has 2 aromatic rings. The molecule has 0 saturated heterocycles. The van der Waals surface area contributed by atoms with E-state index in [0.717, 1.165) is 31.6 Å². The van der Waals surface area contributed by atoms with Crippen LogP contribution in [0.3, 0.4) is 0 Å². The molecule has 0 aliphatic rings. The van der Waals surface area contributed by atoms with Crippen LogP contribution in [0.2, 0.25) is 0 Å². The van der Waals surface area contributed by atoms with Gasteiger partial charge in [0.2, 0.25) is 0 Å². The number of halogens is 1. The number of rotatable bonds is 8. The number of thiocarbonyl (C=S) groups is 1. The highest BCUT2D eigenvalue weighted by Crippen LogP contribution is 2.19. The molecule has 0 saturated carbocycles. The highest BCUT2D eigenvalue weighted by Gasteiger charge is 2.04. The average molecular weight is 346 g/mol. The highest BCUT2D eigenvalue weighted by atomic mass is 32.1. The molecule has 0 bridgehead atoms. The van der Waals surface area contributed by atoms with Crippen LogP contribution in [0, 0.1) is 5.82 Å². The van der Waals surface area contributed by atoms with Gasteiger partial charge in [-0.05, 0) is 55.2 Å². The number of nitrogens with one attached hydrogen (secondary N) is 2. The monoisotopic (exact) mass is 346 g/mol. The van der Waals surface area contributed by atoms with Gasteiger partial charge in [-0.1, -0.05) is 37.3 Å². The molecule has 2 rings (SSSR count). The molecule has 3 nitrogen and oxygen atoms in total. The zero-order valence-electron chi connectivity index (χ0n) is 13.8. The number of ether oxygens (including phenoxy) is 1. The van der Waals surface area contributed by atoms with Crippen LogP contribution in [0.15, 0.2) is 48.5 Å². The molecule has 0 atom stereocenters. The van der Waals surface area contributed by atoms with E-state index in [1.165, 1.54) is 11.6 Å². The first-order valence-corrected chi connectivity index (χ1v) is 8.61. The van der Waals surface area contributed by atoms with Gasteiger partial charge in [-0.2, -0.15) is 0 Å². The second-order valence-corrected chi connectivity index (χ2v) is 5.83. The zero-order chi connectivity index (χ0) is 17.2. The Bertz CT molecular complexity index is 663. The predicted molar refractivity (Wildman–Crippen MR) is 101 cm³/mol. The largest absolute Gasteiger partial charge is 0.493 e. The van der Waals surface area contributed by atoms with Crippen molar-refractivity contribution in [3.05, 3.63) is 59.9 Å². The molecule has 0 amide bonds. The summed E-state index contributed by atoms with van der Waals surface area (Å²) in [5.74, 6) is 0.634. The molecule has 0 fully saturated rings. The van der Waals surface area contributed by atoms with Crippen molar-refractivity contribution in [1.29, 1.82) is 0 Å². The fourth-order valence-electron chi connectivity index (χ4n) is 2.27. The van der Waals surface area contributed by atoms with Gasteiger partial charge in [-0.25, -0.2) is 4.39 Å². The standard InChI is InChI=1S/C19H23FN2OS/c1-2-14-23-18-12-6-3-8-15(18)9-7-13-21-19(24)22-17-11-5-4-10-16(17)20/h3-6,8,10-12H,2,7,9,13-14H2,1H3,(H2,21,22,24). The molecule has 0 heterocycles. The van der Waals surface area contributed by atoms with Gasteiger partial charge < -0.3 is 15.4 Å². The van der Waals surface area contributed by atoms with Crippen LogP contribution in [-0.4, -0.2) is 18.3 Å². The Morgan fingerprint density at radius 1 is 1.12 bits per heavy atom. The Kier molecular flexibility index (Phi) is 7.49. The van der Waals surface area contributed by atoms with Crippen molar-refractivity contribution in [2.75, 3.05) is 18.5 Å². The Balaban J connectivity index is 1.75. The van der Waals surface area contributed by atoms with Crippen molar-refractivity contribution in [2.45, 2.75) is 26.2 Å². The lowest BCUT2D eigenvalue weighted by molar-refractivity contribution is 0.314. The lowest BCUT2D eigenvalue weighted by Gasteiger charge is -2.13. The molecule has 0 spiro atoms. The first-order valence-electron chi connectivity index (χ1n) is 8.20. The second kappa shape index (κ2) is 9.88. The minimum atomic E-state index is -0.316. The number of aryl methyl sites for hydroxylation is 1. The number of benzene rings is 2. The third-order valence-electron chi connectivity index (χ3n) is 3.46. The van der Waals surface area contributed by atoms with Gasteiger partial charge >= 0.3 is 0 Å². The molecular formula is C19H23FN2OS. The van der Waals surface area contributed by atoms with Crippen molar-refractivity contribution < 1.29 is 9.13 Å². The number of hydrogen-bond acceptors (Lipinski definition) is 2. The van der Waals surface area contributed by atoms with E-state index in [1.807, 2.05) is 18.2 Å². The van der Waals surface area contributed by atoms with E-state index in [2.05, 4.69) is 23.6 Å². The Morgan fingerprint density at radius 2 is 1.88 bits per heavy atom. The number of anilines is 1. The van der Waals surface area contributed by atoms with Crippen LogP contribution < -0.4 is 15.4 Å². The van der Waals surface area contributed by atoms with Crippen LogP contribution in [0.4, 0.5) is 10.1 Å². The summed E-state index contributed by atoms with van der Waals surface area (Å²) in [6, 6.07) is 14.6. The molecule has 128 valence electrons. The Hall–Kier alpha value is -2.14. The Labute approximate surface area is 148 Å². The first kappa shape index (κ1) is 18.2. The van der Waals surface area contributed by atoms with Gasteiger partial charge in [0.25, 0.3) is 0 Å². The smallest absolute Gasteiger partial charge is 0.170 e. The van der Waals surface area contributed by atoms with Crippen molar-refractivity contribution in [3.8, 4) is 5.75 Å². The summed E-state index contributed by atoms with van der Waals surface area (Å²) in [5, 5.41) is 6.40. The maximum atomic E-state index is 13.5. The van der Waals surface area contributed by atoms with Gasteiger partial charge in [0, 0.05) is 6.54 Å². The molecule has 2 N–H and O–H groups in total. The van der Waals surface area contributed by atoms with E-state index in [4.69, 9.17) is 17.0 Å². The summed E-state index contributed by atoms with van der Waals surface area (Å²) in [5.41, 5.74) is 1.58. The molecule has 5 heteroatoms. The molecule has 0 radical (unpaired) electrons. The van der Waals surface area contributed by atoms with Gasteiger partial charge in [0.05, 0.1) is 12.3 Å². The van der Waals surface area contributed by atoms with Crippen molar-refractivity contribution in [1.82, 2.24) is 5.32 Å².